The molecule has 0 saturated heterocycles. The molecule has 130 valence electrons. The number of rotatable bonds is 10. The Kier molecular flexibility index (Phi) is 7.89. The number of hydrogen-bond acceptors (Lipinski definition) is 4. The van der Waals surface area contributed by atoms with Crippen LogP contribution in [0.1, 0.15) is 24.0 Å². The molecular formula is C19H24ClNO3. The van der Waals surface area contributed by atoms with Gasteiger partial charge in [0.25, 0.3) is 0 Å². The summed E-state index contributed by atoms with van der Waals surface area (Å²) in [6.45, 7) is 2.33. The molecule has 0 aliphatic rings. The molecule has 0 unspecified atom stereocenters. The average Bonchev–Trinajstić information content (AvgIpc) is 2.60. The standard InChI is InChI=1S/C19H24ClNO3/c1-23-19-12-15(13-21-9-2-3-10-22)7-8-18(19)24-14-16-5-4-6-17(20)11-16/h4-8,11-12,21-22H,2-3,9-10,13-14H2,1H3. The van der Waals surface area contributed by atoms with Gasteiger partial charge in [0.2, 0.25) is 0 Å². The van der Waals surface area contributed by atoms with Crippen LogP contribution < -0.4 is 14.8 Å². The molecule has 2 aromatic carbocycles. The Labute approximate surface area is 148 Å². The summed E-state index contributed by atoms with van der Waals surface area (Å²) in [5.74, 6) is 1.42. The minimum Gasteiger partial charge on any atom is -0.493 e. The van der Waals surface area contributed by atoms with Crippen LogP contribution in [0.15, 0.2) is 42.5 Å². The fraction of sp³-hybridized carbons (Fsp3) is 0.368. The maximum Gasteiger partial charge on any atom is 0.161 e. The van der Waals surface area contributed by atoms with Gasteiger partial charge in [0.15, 0.2) is 11.5 Å². The van der Waals surface area contributed by atoms with Gasteiger partial charge in [-0.3, -0.25) is 0 Å². The van der Waals surface area contributed by atoms with Gasteiger partial charge in [-0.15, -0.1) is 0 Å². The Morgan fingerprint density at radius 3 is 2.67 bits per heavy atom. The van der Waals surface area contributed by atoms with E-state index in [2.05, 4.69) is 5.32 Å². The number of ether oxygens (including phenoxy) is 2. The average molecular weight is 350 g/mol. The van der Waals surface area contributed by atoms with Crippen LogP contribution in [0.5, 0.6) is 11.5 Å². The zero-order chi connectivity index (χ0) is 17.2. The molecule has 0 heterocycles. The van der Waals surface area contributed by atoms with Gasteiger partial charge >= 0.3 is 0 Å². The molecule has 0 radical (unpaired) electrons. The van der Waals surface area contributed by atoms with E-state index in [-0.39, 0.29) is 6.61 Å². The Morgan fingerprint density at radius 1 is 1.04 bits per heavy atom. The van der Waals surface area contributed by atoms with Gasteiger partial charge < -0.3 is 19.9 Å². The van der Waals surface area contributed by atoms with Crippen molar-refractivity contribution in [2.24, 2.45) is 0 Å². The Bertz CT molecular complexity index is 634. The summed E-state index contributed by atoms with van der Waals surface area (Å²) in [6, 6.07) is 13.5. The van der Waals surface area contributed by atoms with Gasteiger partial charge in [0.1, 0.15) is 6.61 Å². The van der Waals surface area contributed by atoms with Crippen molar-refractivity contribution in [2.75, 3.05) is 20.3 Å². The molecule has 0 saturated carbocycles. The minimum absolute atomic E-state index is 0.244. The third kappa shape index (κ3) is 6.04. The number of hydrogen-bond donors (Lipinski definition) is 2. The molecule has 24 heavy (non-hydrogen) atoms. The molecule has 5 heteroatoms. The highest BCUT2D eigenvalue weighted by Crippen LogP contribution is 2.29. The number of halogens is 1. The smallest absolute Gasteiger partial charge is 0.161 e. The second-order valence-electron chi connectivity index (χ2n) is 5.51. The van der Waals surface area contributed by atoms with Crippen molar-refractivity contribution in [3.8, 4) is 11.5 Å². The molecule has 0 aliphatic carbocycles. The Hall–Kier alpha value is -1.75. The first-order valence-corrected chi connectivity index (χ1v) is 8.46. The zero-order valence-electron chi connectivity index (χ0n) is 13.9. The summed E-state index contributed by atoms with van der Waals surface area (Å²) in [6.07, 6.45) is 1.79. The van der Waals surface area contributed by atoms with E-state index >= 15 is 0 Å². The summed E-state index contributed by atoms with van der Waals surface area (Å²) in [5.41, 5.74) is 2.14. The number of nitrogens with one attached hydrogen (secondary N) is 1. The first-order valence-electron chi connectivity index (χ1n) is 8.08. The fourth-order valence-corrected chi connectivity index (χ4v) is 2.54. The maximum atomic E-state index is 8.76. The van der Waals surface area contributed by atoms with Crippen molar-refractivity contribution < 1.29 is 14.6 Å². The highest BCUT2D eigenvalue weighted by atomic mass is 35.5. The number of aliphatic hydroxyl groups is 1. The van der Waals surface area contributed by atoms with E-state index in [9.17, 15) is 0 Å². The lowest BCUT2D eigenvalue weighted by Crippen LogP contribution is -2.15. The van der Waals surface area contributed by atoms with Crippen molar-refractivity contribution in [3.63, 3.8) is 0 Å². The molecule has 0 bridgehead atoms. The highest BCUT2D eigenvalue weighted by molar-refractivity contribution is 6.30. The van der Waals surface area contributed by atoms with Crippen LogP contribution >= 0.6 is 11.6 Å². The van der Waals surface area contributed by atoms with Gasteiger partial charge in [-0.05, 0) is 54.8 Å². The first-order chi connectivity index (χ1) is 11.7. The number of unbranched alkanes of at least 4 members (excludes halogenated alkanes) is 1. The fourth-order valence-electron chi connectivity index (χ4n) is 2.32. The van der Waals surface area contributed by atoms with Gasteiger partial charge in [0, 0.05) is 18.2 Å². The molecule has 0 amide bonds. The second kappa shape index (κ2) is 10.2. The molecule has 4 nitrogen and oxygen atoms in total. The van der Waals surface area contributed by atoms with Crippen LogP contribution in [-0.2, 0) is 13.2 Å². The van der Waals surface area contributed by atoms with Crippen LogP contribution in [0.25, 0.3) is 0 Å². The van der Waals surface area contributed by atoms with E-state index in [4.69, 9.17) is 26.2 Å². The molecule has 0 atom stereocenters. The van der Waals surface area contributed by atoms with Gasteiger partial charge in [-0.2, -0.15) is 0 Å². The van der Waals surface area contributed by atoms with Crippen molar-refractivity contribution in [2.45, 2.75) is 26.0 Å². The molecule has 0 aliphatic heterocycles. The number of methoxy groups -OCH3 is 1. The summed E-state index contributed by atoms with van der Waals surface area (Å²) in [4.78, 5) is 0. The third-order valence-corrected chi connectivity index (χ3v) is 3.84. The lowest BCUT2D eigenvalue weighted by atomic mass is 10.2. The second-order valence-corrected chi connectivity index (χ2v) is 5.95. The summed E-state index contributed by atoms with van der Waals surface area (Å²) < 4.78 is 11.3. The van der Waals surface area contributed by atoms with Gasteiger partial charge in [0.05, 0.1) is 7.11 Å². The minimum atomic E-state index is 0.244. The molecule has 0 aromatic heterocycles. The van der Waals surface area contributed by atoms with Gasteiger partial charge in [-0.1, -0.05) is 29.8 Å². The van der Waals surface area contributed by atoms with Crippen LogP contribution in [0.3, 0.4) is 0 Å². The van der Waals surface area contributed by atoms with E-state index in [0.29, 0.717) is 23.1 Å². The maximum absolute atomic E-state index is 8.76. The topological polar surface area (TPSA) is 50.7 Å². The van der Waals surface area contributed by atoms with Crippen molar-refractivity contribution in [3.05, 3.63) is 58.6 Å². The first kappa shape index (κ1) is 18.6. The van der Waals surface area contributed by atoms with Crippen molar-refractivity contribution in [1.29, 1.82) is 0 Å². The predicted octanol–water partition coefficient (Wildman–Crippen LogP) is 3.79. The molecule has 0 fully saturated rings. The lowest BCUT2D eigenvalue weighted by molar-refractivity contribution is 0.283. The van der Waals surface area contributed by atoms with E-state index in [1.54, 1.807) is 7.11 Å². The SMILES string of the molecule is COc1cc(CNCCCCO)ccc1OCc1cccc(Cl)c1. The van der Waals surface area contributed by atoms with E-state index in [1.807, 2.05) is 42.5 Å². The lowest BCUT2D eigenvalue weighted by Gasteiger charge is -2.13. The van der Waals surface area contributed by atoms with Crippen LogP contribution in [-0.4, -0.2) is 25.4 Å². The largest absolute Gasteiger partial charge is 0.493 e. The summed E-state index contributed by atoms with van der Waals surface area (Å²) in [7, 11) is 1.64. The molecular weight excluding hydrogens is 326 g/mol. The quantitative estimate of drug-likeness (QED) is 0.641. The molecule has 2 rings (SSSR count). The molecule has 0 spiro atoms. The predicted molar refractivity (Wildman–Crippen MR) is 96.8 cm³/mol. The van der Waals surface area contributed by atoms with Crippen LogP contribution in [0.2, 0.25) is 5.02 Å². The van der Waals surface area contributed by atoms with Crippen molar-refractivity contribution >= 4 is 11.6 Å². The Balaban J connectivity index is 1.91. The van der Waals surface area contributed by atoms with E-state index in [1.165, 1.54) is 0 Å². The normalized spacial score (nSPS) is 10.6. The van der Waals surface area contributed by atoms with Crippen LogP contribution in [0.4, 0.5) is 0 Å². The molecule has 2 N–H and O–H groups in total. The summed E-state index contributed by atoms with van der Waals surface area (Å²) >= 11 is 5.99. The van der Waals surface area contributed by atoms with Gasteiger partial charge in [-0.25, -0.2) is 0 Å². The van der Waals surface area contributed by atoms with E-state index < -0.39 is 0 Å². The number of aliphatic hydroxyl groups excluding tert-OH is 1. The monoisotopic (exact) mass is 349 g/mol. The third-order valence-electron chi connectivity index (χ3n) is 3.60. The zero-order valence-corrected chi connectivity index (χ0v) is 14.7. The Morgan fingerprint density at radius 2 is 1.92 bits per heavy atom. The number of benzene rings is 2. The van der Waals surface area contributed by atoms with Crippen LogP contribution in [0, 0.1) is 0 Å². The highest BCUT2D eigenvalue weighted by Gasteiger charge is 2.06. The van der Waals surface area contributed by atoms with Crippen molar-refractivity contribution in [1.82, 2.24) is 5.32 Å². The summed E-state index contributed by atoms with van der Waals surface area (Å²) in [5, 5.41) is 12.8. The molecule has 2 aromatic rings. The van der Waals surface area contributed by atoms with E-state index in [0.717, 1.165) is 37.1 Å².